The highest BCUT2D eigenvalue weighted by Gasteiger charge is 2.25. The van der Waals surface area contributed by atoms with Crippen LogP contribution in [0.2, 0.25) is 5.02 Å². The van der Waals surface area contributed by atoms with E-state index in [0.29, 0.717) is 24.4 Å². The fraction of sp³-hybridized carbons (Fsp3) is 0.300. The molecule has 0 heterocycles. The van der Waals surface area contributed by atoms with Gasteiger partial charge in [0.15, 0.2) is 0 Å². The molecule has 0 saturated carbocycles. The molecule has 1 N–H and O–H groups in total. The fourth-order valence-corrected chi connectivity index (χ4v) is 3.39. The van der Waals surface area contributed by atoms with Crippen LogP contribution in [0.5, 0.6) is 0 Å². The fourth-order valence-electron chi connectivity index (χ4n) is 2.71. The van der Waals surface area contributed by atoms with Crippen LogP contribution in [0.1, 0.15) is 24.5 Å². The van der Waals surface area contributed by atoms with Gasteiger partial charge in [-0.3, -0.25) is 9.59 Å². The van der Waals surface area contributed by atoms with Gasteiger partial charge >= 0.3 is 0 Å². The van der Waals surface area contributed by atoms with Gasteiger partial charge in [0.05, 0.1) is 0 Å². The van der Waals surface area contributed by atoms with E-state index in [0.717, 1.165) is 15.6 Å². The number of aryl methyl sites for hydroxylation is 1. The lowest BCUT2D eigenvalue weighted by Gasteiger charge is -2.28. The van der Waals surface area contributed by atoms with Crippen LogP contribution in [0, 0.1) is 0 Å². The van der Waals surface area contributed by atoms with E-state index in [1.807, 2.05) is 48.5 Å². The Balaban J connectivity index is 2.15. The molecule has 0 bridgehead atoms. The van der Waals surface area contributed by atoms with Crippen molar-refractivity contribution < 1.29 is 9.59 Å². The summed E-state index contributed by atoms with van der Waals surface area (Å²) in [6.07, 6.45) is 0.826. The standard InChI is InChI=1S/C20H22BrClN2O2/c1-14(20(26)23-2)24(13-15-6-5-8-17(21)12-15)19(25)11-10-16-7-3-4-9-18(16)22/h3-9,12,14H,10-11,13H2,1-2H3,(H,23,26). The number of amides is 2. The largest absolute Gasteiger partial charge is 0.357 e. The van der Waals surface area contributed by atoms with Gasteiger partial charge in [-0.2, -0.15) is 0 Å². The monoisotopic (exact) mass is 436 g/mol. The van der Waals surface area contributed by atoms with E-state index in [4.69, 9.17) is 11.6 Å². The van der Waals surface area contributed by atoms with Gasteiger partial charge in [0.25, 0.3) is 0 Å². The van der Waals surface area contributed by atoms with Gasteiger partial charge in [-0.15, -0.1) is 0 Å². The number of likely N-dealkylation sites (N-methyl/N-ethyl adjacent to an activating group) is 1. The molecule has 4 nitrogen and oxygen atoms in total. The maximum Gasteiger partial charge on any atom is 0.242 e. The van der Waals surface area contributed by atoms with Crippen molar-refractivity contribution in [3.8, 4) is 0 Å². The lowest BCUT2D eigenvalue weighted by Crippen LogP contribution is -2.46. The number of hydrogen-bond acceptors (Lipinski definition) is 2. The highest BCUT2D eigenvalue weighted by atomic mass is 79.9. The van der Waals surface area contributed by atoms with Crippen LogP contribution < -0.4 is 5.32 Å². The first kappa shape index (κ1) is 20.5. The Bertz CT molecular complexity index is 782. The van der Waals surface area contributed by atoms with E-state index >= 15 is 0 Å². The molecule has 6 heteroatoms. The number of halogens is 2. The average molecular weight is 438 g/mol. The van der Waals surface area contributed by atoms with Crippen molar-refractivity contribution in [2.24, 2.45) is 0 Å². The topological polar surface area (TPSA) is 49.4 Å². The normalized spacial score (nSPS) is 11.7. The van der Waals surface area contributed by atoms with Gasteiger partial charge in [0, 0.05) is 29.5 Å². The minimum absolute atomic E-state index is 0.0824. The van der Waals surface area contributed by atoms with E-state index in [1.165, 1.54) is 0 Å². The van der Waals surface area contributed by atoms with E-state index in [1.54, 1.807) is 18.9 Å². The maximum atomic E-state index is 12.9. The molecule has 0 aliphatic rings. The lowest BCUT2D eigenvalue weighted by molar-refractivity contribution is -0.140. The highest BCUT2D eigenvalue weighted by molar-refractivity contribution is 9.10. The Morgan fingerprint density at radius 3 is 2.58 bits per heavy atom. The molecule has 2 rings (SSSR count). The van der Waals surface area contributed by atoms with Crippen LogP contribution in [0.25, 0.3) is 0 Å². The molecule has 0 fully saturated rings. The Labute approximate surface area is 167 Å². The molecule has 2 amide bonds. The average Bonchev–Trinajstić information content (AvgIpc) is 2.64. The molecule has 0 spiro atoms. The van der Waals surface area contributed by atoms with Crippen molar-refractivity contribution in [2.45, 2.75) is 32.4 Å². The first-order chi connectivity index (χ1) is 12.4. The predicted molar refractivity (Wildman–Crippen MR) is 108 cm³/mol. The molecule has 1 unspecified atom stereocenters. The van der Waals surface area contributed by atoms with Gasteiger partial charge in [-0.25, -0.2) is 0 Å². The summed E-state index contributed by atoms with van der Waals surface area (Å²) in [5.74, 6) is -0.271. The molecule has 2 aromatic rings. The first-order valence-corrected chi connectivity index (χ1v) is 9.58. The second kappa shape index (κ2) is 9.74. The molecule has 0 aliphatic heterocycles. The number of rotatable bonds is 7. The van der Waals surface area contributed by atoms with Gasteiger partial charge in [0.2, 0.25) is 11.8 Å². The Morgan fingerprint density at radius 2 is 1.92 bits per heavy atom. The number of benzene rings is 2. The van der Waals surface area contributed by atoms with E-state index in [-0.39, 0.29) is 11.8 Å². The third-order valence-electron chi connectivity index (χ3n) is 4.22. The van der Waals surface area contributed by atoms with Crippen LogP contribution >= 0.6 is 27.5 Å². The van der Waals surface area contributed by atoms with Crippen molar-refractivity contribution >= 4 is 39.3 Å². The Morgan fingerprint density at radius 1 is 1.19 bits per heavy atom. The SMILES string of the molecule is CNC(=O)C(C)N(Cc1cccc(Br)c1)C(=O)CCc1ccccc1Cl. The summed E-state index contributed by atoms with van der Waals surface area (Å²) in [7, 11) is 1.57. The molecular weight excluding hydrogens is 416 g/mol. The van der Waals surface area contributed by atoms with Crippen LogP contribution in [-0.2, 0) is 22.6 Å². The van der Waals surface area contributed by atoms with Gasteiger partial charge < -0.3 is 10.2 Å². The summed E-state index contributed by atoms with van der Waals surface area (Å²) in [5.41, 5.74) is 1.89. The molecule has 0 aliphatic carbocycles. The van der Waals surface area contributed by atoms with E-state index in [2.05, 4.69) is 21.2 Å². The van der Waals surface area contributed by atoms with Crippen molar-refractivity contribution in [1.82, 2.24) is 10.2 Å². The molecule has 0 radical (unpaired) electrons. The predicted octanol–water partition coefficient (Wildman–Crippen LogP) is 4.20. The minimum Gasteiger partial charge on any atom is -0.357 e. The van der Waals surface area contributed by atoms with Crippen LogP contribution in [0.15, 0.2) is 53.0 Å². The van der Waals surface area contributed by atoms with Gasteiger partial charge in [-0.1, -0.05) is 57.9 Å². The number of hydrogen-bond donors (Lipinski definition) is 1. The smallest absolute Gasteiger partial charge is 0.242 e. The number of carbonyl (C=O) groups excluding carboxylic acids is 2. The third-order valence-corrected chi connectivity index (χ3v) is 5.08. The summed E-state index contributed by atoms with van der Waals surface area (Å²) in [4.78, 5) is 26.6. The summed E-state index contributed by atoms with van der Waals surface area (Å²) in [6, 6.07) is 14.7. The Hall–Kier alpha value is -1.85. The molecule has 138 valence electrons. The van der Waals surface area contributed by atoms with Crippen LogP contribution in [0.3, 0.4) is 0 Å². The van der Waals surface area contributed by atoms with E-state index < -0.39 is 6.04 Å². The summed E-state index contributed by atoms with van der Waals surface area (Å²) < 4.78 is 0.936. The molecule has 0 saturated heterocycles. The number of carbonyl (C=O) groups is 2. The second-order valence-corrected chi connectivity index (χ2v) is 7.36. The van der Waals surface area contributed by atoms with Crippen LogP contribution in [0.4, 0.5) is 0 Å². The van der Waals surface area contributed by atoms with Gasteiger partial charge in [0.1, 0.15) is 6.04 Å². The van der Waals surface area contributed by atoms with Crippen molar-refractivity contribution in [2.75, 3.05) is 7.05 Å². The third kappa shape index (κ3) is 5.58. The van der Waals surface area contributed by atoms with Crippen molar-refractivity contribution in [3.05, 3.63) is 69.2 Å². The van der Waals surface area contributed by atoms with E-state index in [9.17, 15) is 9.59 Å². The molecule has 1 atom stereocenters. The number of nitrogens with zero attached hydrogens (tertiary/aromatic N) is 1. The van der Waals surface area contributed by atoms with Gasteiger partial charge in [-0.05, 0) is 42.7 Å². The zero-order valence-electron chi connectivity index (χ0n) is 14.8. The number of nitrogens with one attached hydrogen (secondary N) is 1. The summed E-state index contributed by atoms with van der Waals surface area (Å²) in [6.45, 7) is 2.11. The quantitative estimate of drug-likeness (QED) is 0.706. The first-order valence-electron chi connectivity index (χ1n) is 8.41. The molecule has 26 heavy (non-hydrogen) atoms. The molecule has 2 aromatic carbocycles. The molecular formula is C20H22BrClN2O2. The zero-order chi connectivity index (χ0) is 19.1. The summed E-state index contributed by atoms with van der Waals surface area (Å²) >= 11 is 9.62. The second-order valence-electron chi connectivity index (χ2n) is 6.03. The highest BCUT2D eigenvalue weighted by Crippen LogP contribution is 2.19. The molecule has 0 aromatic heterocycles. The summed E-state index contributed by atoms with van der Waals surface area (Å²) in [5, 5.41) is 3.27. The zero-order valence-corrected chi connectivity index (χ0v) is 17.2. The van der Waals surface area contributed by atoms with Crippen molar-refractivity contribution in [3.63, 3.8) is 0 Å². The lowest BCUT2D eigenvalue weighted by atomic mass is 10.1. The van der Waals surface area contributed by atoms with Crippen LogP contribution in [-0.4, -0.2) is 29.8 Å². The maximum absolute atomic E-state index is 12.9. The van der Waals surface area contributed by atoms with Crippen molar-refractivity contribution in [1.29, 1.82) is 0 Å². The Kier molecular flexibility index (Phi) is 7.66. The minimum atomic E-state index is -0.558.